The highest BCUT2D eigenvalue weighted by atomic mass is 16.5. The number of hydrogen-bond donors (Lipinski definition) is 3. The Kier molecular flexibility index (Phi) is 7.89. The van der Waals surface area contributed by atoms with Crippen molar-refractivity contribution < 1.29 is 9.84 Å². The maximum absolute atomic E-state index is 9.62. The van der Waals surface area contributed by atoms with Gasteiger partial charge in [0, 0.05) is 12.6 Å². The number of aliphatic hydroxyl groups excluding tert-OH is 1. The van der Waals surface area contributed by atoms with Gasteiger partial charge in [0.1, 0.15) is 11.9 Å². The van der Waals surface area contributed by atoms with E-state index in [1.807, 2.05) is 30.3 Å². The van der Waals surface area contributed by atoms with E-state index in [0.717, 1.165) is 50.4 Å². The van der Waals surface area contributed by atoms with Crippen LogP contribution in [0.1, 0.15) is 46.0 Å². The summed E-state index contributed by atoms with van der Waals surface area (Å²) in [5, 5.41) is 16.4. The third-order valence-corrected chi connectivity index (χ3v) is 4.34. The summed E-state index contributed by atoms with van der Waals surface area (Å²) in [6.07, 6.45) is 4.56. The Hall–Kier alpha value is -1.75. The fourth-order valence-electron chi connectivity index (χ4n) is 2.87. The molecule has 2 rings (SSSR count). The summed E-state index contributed by atoms with van der Waals surface area (Å²) in [6.45, 7) is 5.64. The molecule has 0 heterocycles. The number of nitrogens with zero attached hydrogens (tertiary/aromatic N) is 1. The molecule has 134 valence electrons. The first-order valence-corrected chi connectivity index (χ1v) is 9.15. The molecule has 1 atom stereocenters. The van der Waals surface area contributed by atoms with Crippen molar-refractivity contribution in [2.24, 2.45) is 4.99 Å². The molecule has 0 saturated heterocycles. The number of nitrogens with one attached hydrogen (secondary N) is 2. The van der Waals surface area contributed by atoms with Gasteiger partial charge >= 0.3 is 0 Å². The van der Waals surface area contributed by atoms with E-state index in [9.17, 15) is 5.11 Å². The van der Waals surface area contributed by atoms with Crippen LogP contribution in [-0.2, 0) is 0 Å². The minimum absolute atomic E-state index is 0.0658. The zero-order valence-electron chi connectivity index (χ0n) is 14.9. The van der Waals surface area contributed by atoms with Crippen LogP contribution in [0.15, 0.2) is 35.3 Å². The molecule has 1 fully saturated rings. The van der Waals surface area contributed by atoms with Crippen molar-refractivity contribution in [3.63, 3.8) is 0 Å². The summed E-state index contributed by atoms with van der Waals surface area (Å²) < 4.78 is 6.00. The van der Waals surface area contributed by atoms with E-state index < -0.39 is 0 Å². The van der Waals surface area contributed by atoms with E-state index in [-0.39, 0.29) is 12.2 Å². The van der Waals surface area contributed by atoms with Crippen LogP contribution in [0.3, 0.4) is 0 Å². The highest BCUT2D eigenvalue weighted by Gasteiger charge is 2.20. The first-order chi connectivity index (χ1) is 11.7. The van der Waals surface area contributed by atoms with Crippen LogP contribution < -0.4 is 15.4 Å². The van der Waals surface area contributed by atoms with Crippen LogP contribution in [0.25, 0.3) is 0 Å². The first kappa shape index (κ1) is 18.6. The SMILES string of the molecule is CCNC(=NCC(CC)Oc1ccccc1)NC1CCC(O)CC1. The van der Waals surface area contributed by atoms with E-state index in [4.69, 9.17) is 9.73 Å². The molecular formula is C19H31N3O2. The molecule has 3 N–H and O–H groups in total. The van der Waals surface area contributed by atoms with Crippen LogP contribution >= 0.6 is 0 Å². The molecule has 0 amide bonds. The molecule has 0 spiro atoms. The summed E-state index contributed by atoms with van der Waals surface area (Å²) in [5.41, 5.74) is 0. The number of rotatable bonds is 7. The summed E-state index contributed by atoms with van der Waals surface area (Å²) >= 11 is 0. The maximum atomic E-state index is 9.62. The molecule has 1 unspecified atom stereocenters. The molecule has 0 bridgehead atoms. The van der Waals surface area contributed by atoms with Crippen molar-refractivity contribution >= 4 is 5.96 Å². The normalized spacial score (nSPS) is 22.7. The van der Waals surface area contributed by atoms with E-state index in [1.165, 1.54) is 0 Å². The number of para-hydroxylation sites is 1. The number of aliphatic imine (C=N–C) groups is 1. The Morgan fingerprint density at radius 1 is 1.21 bits per heavy atom. The van der Waals surface area contributed by atoms with Crippen LogP contribution in [0.4, 0.5) is 0 Å². The zero-order chi connectivity index (χ0) is 17.2. The highest BCUT2D eigenvalue weighted by molar-refractivity contribution is 5.80. The second-order valence-corrected chi connectivity index (χ2v) is 6.33. The molecule has 1 aromatic rings. The van der Waals surface area contributed by atoms with Gasteiger partial charge in [-0.05, 0) is 51.2 Å². The predicted octanol–water partition coefficient (Wildman–Crippen LogP) is 2.70. The van der Waals surface area contributed by atoms with Gasteiger partial charge < -0.3 is 20.5 Å². The third-order valence-electron chi connectivity index (χ3n) is 4.34. The Morgan fingerprint density at radius 3 is 2.54 bits per heavy atom. The predicted molar refractivity (Wildman–Crippen MR) is 98.5 cm³/mol. The summed E-state index contributed by atoms with van der Waals surface area (Å²) in [6, 6.07) is 10.3. The van der Waals surface area contributed by atoms with Gasteiger partial charge in [0.2, 0.25) is 0 Å². The average molecular weight is 333 g/mol. The maximum Gasteiger partial charge on any atom is 0.191 e. The van der Waals surface area contributed by atoms with Gasteiger partial charge in [-0.15, -0.1) is 0 Å². The number of aliphatic hydroxyl groups is 1. The van der Waals surface area contributed by atoms with Gasteiger partial charge in [-0.3, -0.25) is 0 Å². The third kappa shape index (κ3) is 6.40. The van der Waals surface area contributed by atoms with Gasteiger partial charge in [0.15, 0.2) is 5.96 Å². The lowest BCUT2D eigenvalue weighted by atomic mass is 9.93. The molecule has 1 saturated carbocycles. The van der Waals surface area contributed by atoms with Crippen molar-refractivity contribution in [2.45, 2.75) is 64.2 Å². The van der Waals surface area contributed by atoms with Gasteiger partial charge in [0.05, 0.1) is 12.6 Å². The number of ether oxygens (including phenoxy) is 1. The lowest BCUT2D eigenvalue weighted by molar-refractivity contribution is 0.120. The van der Waals surface area contributed by atoms with Gasteiger partial charge in [0.25, 0.3) is 0 Å². The Bertz CT molecular complexity index is 485. The minimum Gasteiger partial charge on any atom is -0.489 e. The summed E-state index contributed by atoms with van der Waals surface area (Å²) in [7, 11) is 0. The molecule has 1 aliphatic carbocycles. The summed E-state index contributed by atoms with van der Waals surface area (Å²) in [5.74, 6) is 1.73. The van der Waals surface area contributed by atoms with E-state index >= 15 is 0 Å². The van der Waals surface area contributed by atoms with Crippen LogP contribution in [-0.4, -0.2) is 42.4 Å². The quantitative estimate of drug-likeness (QED) is 0.530. The largest absolute Gasteiger partial charge is 0.489 e. The minimum atomic E-state index is -0.133. The molecule has 1 aliphatic rings. The topological polar surface area (TPSA) is 65.9 Å². The van der Waals surface area contributed by atoms with E-state index in [1.54, 1.807) is 0 Å². The monoisotopic (exact) mass is 333 g/mol. The average Bonchev–Trinajstić information content (AvgIpc) is 2.61. The molecule has 0 radical (unpaired) electrons. The molecule has 0 aromatic heterocycles. The number of guanidine groups is 1. The zero-order valence-corrected chi connectivity index (χ0v) is 14.9. The molecular weight excluding hydrogens is 302 g/mol. The van der Waals surface area contributed by atoms with Crippen molar-refractivity contribution in [1.29, 1.82) is 0 Å². The fourth-order valence-corrected chi connectivity index (χ4v) is 2.87. The van der Waals surface area contributed by atoms with Crippen molar-refractivity contribution in [2.75, 3.05) is 13.1 Å². The standard InChI is InChI=1S/C19H31N3O2/c1-3-17(24-18-8-6-5-7-9-18)14-21-19(20-4-2)22-15-10-12-16(23)13-11-15/h5-9,15-17,23H,3-4,10-14H2,1-2H3,(H2,20,21,22). The second-order valence-electron chi connectivity index (χ2n) is 6.33. The van der Waals surface area contributed by atoms with E-state index in [2.05, 4.69) is 24.5 Å². The Morgan fingerprint density at radius 2 is 1.92 bits per heavy atom. The number of benzene rings is 1. The molecule has 0 aliphatic heterocycles. The molecule has 5 nitrogen and oxygen atoms in total. The molecule has 1 aromatic carbocycles. The smallest absolute Gasteiger partial charge is 0.191 e. The molecule has 5 heteroatoms. The van der Waals surface area contributed by atoms with Crippen molar-refractivity contribution in [1.82, 2.24) is 10.6 Å². The fraction of sp³-hybridized carbons (Fsp3) is 0.632. The Labute approximate surface area is 145 Å². The van der Waals surface area contributed by atoms with Crippen LogP contribution in [0, 0.1) is 0 Å². The number of hydrogen-bond acceptors (Lipinski definition) is 3. The van der Waals surface area contributed by atoms with Gasteiger partial charge in [-0.1, -0.05) is 25.1 Å². The van der Waals surface area contributed by atoms with Crippen LogP contribution in [0.2, 0.25) is 0 Å². The first-order valence-electron chi connectivity index (χ1n) is 9.15. The van der Waals surface area contributed by atoms with Gasteiger partial charge in [-0.2, -0.15) is 0 Å². The Balaban J connectivity index is 1.88. The lowest BCUT2D eigenvalue weighted by Gasteiger charge is -2.28. The molecule has 24 heavy (non-hydrogen) atoms. The second kappa shape index (κ2) is 10.2. The van der Waals surface area contributed by atoms with E-state index in [0.29, 0.717) is 12.6 Å². The van der Waals surface area contributed by atoms with Crippen molar-refractivity contribution in [3.8, 4) is 5.75 Å². The van der Waals surface area contributed by atoms with Gasteiger partial charge in [-0.25, -0.2) is 4.99 Å². The lowest BCUT2D eigenvalue weighted by Crippen LogP contribution is -2.45. The van der Waals surface area contributed by atoms with Crippen LogP contribution in [0.5, 0.6) is 5.75 Å². The van der Waals surface area contributed by atoms with Crippen molar-refractivity contribution in [3.05, 3.63) is 30.3 Å². The highest BCUT2D eigenvalue weighted by Crippen LogP contribution is 2.18. The summed E-state index contributed by atoms with van der Waals surface area (Å²) in [4.78, 5) is 4.70.